The molecule has 82 valence electrons. The van der Waals surface area contributed by atoms with Crippen LogP contribution in [-0.4, -0.2) is 12.4 Å². The summed E-state index contributed by atoms with van der Waals surface area (Å²) in [5.74, 6) is 6.15. The van der Waals surface area contributed by atoms with Crippen molar-refractivity contribution in [1.82, 2.24) is 5.43 Å². The first-order valence-electron chi connectivity index (χ1n) is 4.96. The Morgan fingerprint density at radius 1 is 1.53 bits per heavy atom. The topological polar surface area (TPSA) is 50.4 Å². The molecule has 1 aromatic rings. The van der Waals surface area contributed by atoms with Gasteiger partial charge in [0.05, 0.1) is 0 Å². The first-order valence-corrected chi connectivity index (χ1v) is 5.34. The quantitative estimate of drug-likeness (QED) is 0.359. The highest BCUT2D eigenvalue weighted by atomic mass is 35.5. The molecule has 0 aromatic heterocycles. The molecule has 0 unspecified atom stereocenters. The van der Waals surface area contributed by atoms with Crippen LogP contribution in [0.4, 0.5) is 0 Å². The Bertz CT molecular complexity index is 361. The van der Waals surface area contributed by atoms with Gasteiger partial charge in [0.1, 0.15) is 5.84 Å². The first-order chi connectivity index (χ1) is 7.19. The van der Waals surface area contributed by atoms with E-state index in [9.17, 15) is 0 Å². The predicted molar refractivity (Wildman–Crippen MR) is 65.2 cm³/mol. The molecule has 0 bridgehead atoms. The van der Waals surface area contributed by atoms with Crippen LogP contribution in [-0.2, 0) is 0 Å². The minimum atomic E-state index is 0.714. The molecule has 1 rings (SSSR count). The van der Waals surface area contributed by atoms with E-state index in [1.807, 2.05) is 25.1 Å². The molecule has 0 saturated heterocycles. The van der Waals surface area contributed by atoms with E-state index >= 15 is 0 Å². The van der Waals surface area contributed by atoms with Gasteiger partial charge in [0.2, 0.25) is 0 Å². The molecule has 0 aliphatic carbocycles. The van der Waals surface area contributed by atoms with Crippen molar-refractivity contribution >= 4 is 17.4 Å². The number of hydrazine groups is 1. The Kier molecular flexibility index (Phi) is 4.59. The van der Waals surface area contributed by atoms with Gasteiger partial charge in [-0.3, -0.25) is 4.99 Å². The maximum Gasteiger partial charge on any atom is 0.142 e. The standard InChI is InChI=1S/C11H16ClN3/c1-3-6-14-11(15-13)10-5-4-9(12)7-8(10)2/h4-5,7H,3,6,13H2,1-2H3,(H,14,15). The molecule has 0 amide bonds. The number of aryl methyl sites for hydroxylation is 1. The third-order valence-electron chi connectivity index (χ3n) is 2.07. The number of nitrogens with one attached hydrogen (secondary N) is 1. The number of aliphatic imine (C=N–C) groups is 1. The Balaban J connectivity index is 3.02. The highest BCUT2D eigenvalue weighted by molar-refractivity contribution is 6.30. The third-order valence-corrected chi connectivity index (χ3v) is 2.31. The lowest BCUT2D eigenvalue weighted by molar-refractivity contribution is 0.907. The largest absolute Gasteiger partial charge is 0.308 e. The van der Waals surface area contributed by atoms with E-state index in [0.717, 1.165) is 29.1 Å². The number of benzene rings is 1. The number of rotatable bonds is 3. The Morgan fingerprint density at radius 2 is 2.27 bits per heavy atom. The van der Waals surface area contributed by atoms with Gasteiger partial charge in [0.25, 0.3) is 0 Å². The van der Waals surface area contributed by atoms with E-state index in [-0.39, 0.29) is 0 Å². The maximum atomic E-state index is 5.88. The monoisotopic (exact) mass is 225 g/mol. The highest BCUT2D eigenvalue weighted by Gasteiger charge is 2.05. The molecule has 0 radical (unpaired) electrons. The van der Waals surface area contributed by atoms with E-state index in [0.29, 0.717) is 5.84 Å². The van der Waals surface area contributed by atoms with Crippen LogP contribution < -0.4 is 11.3 Å². The number of hydrogen-bond donors (Lipinski definition) is 2. The Morgan fingerprint density at radius 3 is 2.80 bits per heavy atom. The summed E-state index contributed by atoms with van der Waals surface area (Å²) in [6.07, 6.45) is 0.998. The van der Waals surface area contributed by atoms with E-state index < -0.39 is 0 Å². The van der Waals surface area contributed by atoms with Gasteiger partial charge < -0.3 is 5.43 Å². The summed E-state index contributed by atoms with van der Waals surface area (Å²) in [4.78, 5) is 4.36. The van der Waals surface area contributed by atoms with Gasteiger partial charge in [-0.2, -0.15) is 0 Å². The van der Waals surface area contributed by atoms with Crippen LogP contribution in [0.1, 0.15) is 24.5 Å². The van der Waals surface area contributed by atoms with Gasteiger partial charge in [0.15, 0.2) is 0 Å². The zero-order valence-corrected chi connectivity index (χ0v) is 9.80. The van der Waals surface area contributed by atoms with Crippen LogP contribution in [0.3, 0.4) is 0 Å². The summed E-state index contributed by atoms with van der Waals surface area (Å²) in [5, 5.41) is 0.725. The molecular formula is C11H16ClN3. The molecule has 4 heteroatoms. The van der Waals surface area contributed by atoms with Gasteiger partial charge in [-0.05, 0) is 37.1 Å². The molecule has 1 aromatic carbocycles. The molecule has 0 fully saturated rings. The summed E-state index contributed by atoms with van der Waals surface area (Å²) in [7, 11) is 0. The molecule has 0 atom stereocenters. The molecule has 0 aliphatic heterocycles. The van der Waals surface area contributed by atoms with E-state index in [1.54, 1.807) is 0 Å². The van der Waals surface area contributed by atoms with Gasteiger partial charge in [-0.1, -0.05) is 18.5 Å². The highest BCUT2D eigenvalue weighted by Crippen LogP contribution is 2.15. The zero-order valence-electron chi connectivity index (χ0n) is 9.05. The Labute approximate surface area is 95.3 Å². The number of amidine groups is 1. The third kappa shape index (κ3) is 3.22. The SMILES string of the molecule is CCCN=C(NN)c1ccc(Cl)cc1C. The number of hydrogen-bond acceptors (Lipinski definition) is 2. The van der Waals surface area contributed by atoms with Gasteiger partial charge in [-0.25, -0.2) is 5.84 Å². The minimum absolute atomic E-state index is 0.714. The summed E-state index contributed by atoms with van der Waals surface area (Å²) in [6.45, 7) is 4.83. The van der Waals surface area contributed by atoms with Crippen molar-refractivity contribution in [3.8, 4) is 0 Å². The summed E-state index contributed by atoms with van der Waals surface area (Å²) in [6, 6.07) is 5.66. The number of halogens is 1. The van der Waals surface area contributed by atoms with Gasteiger partial charge in [-0.15, -0.1) is 0 Å². The lowest BCUT2D eigenvalue weighted by Gasteiger charge is -2.09. The van der Waals surface area contributed by atoms with Crippen LogP contribution in [0.25, 0.3) is 0 Å². The van der Waals surface area contributed by atoms with Crippen LogP contribution in [0.2, 0.25) is 5.02 Å². The van der Waals surface area contributed by atoms with Crippen LogP contribution in [0.15, 0.2) is 23.2 Å². The van der Waals surface area contributed by atoms with E-state index in [1.165, 1.54) is 0 Å². The first kappa shape index (κ1) is 12.0. The van der Waals surface area contributed by atoms with Crippen molar-refractivity contribution in [2.75, 3.05) is 6.54 Å². The average Bonchev–Trinajstić information content (AvgIpc) is 2.21. The molecule has 3 nitrogen and oxygen atoms in total. The molecule has 0 spiro atoms. The lowest BCUT2D eigenvalue weighted by atomic mass is 10.1. The van der Waals surface area contributed by atoms with Crippen molar-refractivity contribution in [1.29, 1.82) is 0 Å². The normalized spacial score (nSPS) is 11.6. The van der Waals surface area contributed by atoms with Gasteiger partial charge in [0, 0.05) is 17.1 Å². The molecule has 0 aliphatic rings. The fourth-order valence-corrected chi connectivity index (χ4v) is 1.55. The fraction of sp³-hybridized carbons (Fsp3) is 0.364. The van der Waals surface area contributed by atoms with Crippen molar-refractivity contribution < 1.29 is 0 Å². The summed E-state index contributed by atoms with van der Waals surface area (Å²) in [5.41, 5.74) is 4.68. The molecule has 0 saturated carbocycles. The van der Waals surface area contributed by atoms with Crippen molar-refractivity contribution in [2.45, 2.75) is 20.3 Å². The molecule has 3 N–H and O–H groups in total. The molecular weight excluding hydrogens is 210 g/mol. The van der Waals surface area contributed by atoms with Crippen molar-refractivity contribution in [3.63, 3.8) is 0 Å². The molecule has 15 heavy (non-hydrogen) atoms. The van der Waals surface area contributed by atoms with Crippen LogP contribution >= 0.6 is 11.6 Å². The van der Waals surface area contributed by atoms with Crippen LogP contribution in [0.5, 0.6) is 0 Å². The predicted octanol–water partition coefficient (Wildman–Crippen LogP) is 2.27. The lowest BCUT2D eigenvalue weighted by Crippen LogP contribution is -2.31. The number of nitrogens with zero attached hydrogens (tertiary/aromatic N) is 1. The van der Waals surface area contributed by atoms with E-state index in [2.05, 4.69) is 17.3 Å². The Hall–Kier alpha value is -1.06. The number of nitrogens with two attached hydrogens (primary N) is 1. The second-order valence-electron chi connectivity index (χ2n) is 3.33. The minimum Gasteiger partial charge on any atom is -0.308 e. The summed E-state index contributed by atoms with van der Waals surface area (Å²) < 4.78 is 0. The average molecular weight is 226 g/mol. The van der Waals surface area contributed by atoms with Crippen molar-refractivity contribution in [3.05, 3.63) is 34.3 Å². The fourth-order valence-electron chi connectivity index (χ4n) is 1.32. The summed E-state index contributed by atoms with van der Waals surface area (Å²) >= 11 is 5.88. The second-order valence-corrected chi connectivity index (χ2v) is 3.77. The maximum absolute atomic E-state index is 5.88. The van der Waals surface area contributed by atoms with Crippen LogP contribution in [0, 0.1) is 6.92 Å². The smallest absolute Gasteiger partial charge is 0.142 e. The zero-order chi connectivity index (χ0) is 11.3. The molecule has 0 heterocycles. The van der Waals surface area contributed by atoms with Crippen molar-refractivity contribution in [2.24, 2.45) is 10.8 Å². The van der Waals surface area contributed by atoms with E-state index in [4.69, 9.17) is 17.4 Å². The van der Waals surface area contributed by atoms with Gasteiger partial charge >= 0.3 is 0 Å². The second kappa shape index (κ2) is 5.73.